The highest BCUT2D eigenvalue weighted by Crippen LogP contribution is 2.29. The molecule has 2 aromatic carbocycles. The van der Waals surface area contributed by atoms with E-state index in [4.69, 9.17) is 9.47 Å². The van der Waals surface area contributed by atoms with E-state index in [0.717, 1.165) is 4.31 Å². The molecule has 1 fully saturated rings. The van der Waals surface area contributed by atoms with Crippen molar-refractivity contribution in [2.45, 2.75) is 23.8 Å². The van der Waals surface area contributed by atoms with Crippen LogP contribution in [0.1, 0.15) is 12.8 Å². The van der Waals surface area contributed by atoms with Gasteiger partial charge in [0.1, 0.15) is 23.3 Å². The number of hydrogen-bond acceptors (Lipinski definition) is 5. The summed E-state index contributed by atoms with van der Waals surface area (Å²) in [5.74, 6) is 0.653. The quantitative estimate of drug-likeness (QED) is 0.832. The van der Waals surface area contributed by atoms with Crippen molar-refractivity contribution in [1.29, 1.82) is 0 Å². The standard InChI is InChI=1S/C18H19NO6S/c1-24-13-4-6-14(7-5-13)25-15-8-10-16(11-9-15)26(22,23)19-12-2-3-17(19)18(20)21/h4-11,17H,2-3,12H2,1H3,(H,20,21)/t17-/m0/s1. The van der Waals surface area contributed by atoms with Gasteiger partial charge in [0.25, 0.3) is 0 Å². The van der Waals surface area contributed by atoms with Gasteiger partial charge in [0.05, 0.1) is 12.0 Å². The second-order valence-electron chi connectivity index (χ2n) is 5.86. The lowest BCUT2D eigenvalue weighted by molar-refractivity contribution is -0.140. The topological polar surface area (TPSA) is 93.1 Å². The van der Waals surface area contributed by atoms with E-state index in [2.05, 4.69) is 0 Å². The number of benzene rings is 2. The Balaban J connectivity index is 1.77. The number of methoxy groups -OCH3 is 1. The molecule has 0 aliphatic carbocycles. The molecule has 1 aliphatic rings. The third kappa shape index (κ3) is 3.66. The van der Waals surface area contributed by atoms with Crippen molar-refractivity contribution in [3.8, 4) is 17.2 Å². The summed E-state index contributed by atoms with van der Waals surface area (Å²) in [5, 5.41) is 9.20. The summed E-state index contributed by atoms with van der Waals surface area (Å²) < 4.78 is 37.2. The Morgan fingerprint density at radius 3 is 2.12 bits per heavy atom. The maximum absolute atomic E-state index is 12.7. The van der Waals surface area contributed by atoms with Crippen molar-refractivity contribution < 1.29 is 27.8 Å². The van der Waals surface area contributed by atoms with Gasteiger partial charge in [-0.25, -0.2) is 8.42 Å². The number of aliphatic carboxylic acids is 1. The Morgan fingerprint density at radius 2 is 1.58 bits per heavy atom. The number of rotatable bonds is 6. The van der Waals surface area contributed by atoms with E-state index >= 15 is 0 Å². The summed E-state index contributed by atoms with van der Waals surface area (Å²) in [6, 6.07) is 11.9. The third-order valence-corrected chi connectivity index (χ3v) is 6.14. The van der Waals surface area contributed by atoms with Gasteiger partial charge >= 0.3 is 5.97 Å². The van der Waals surface area contributed by atoms with Crippen LogP contribution >= 0.6 is 0 Å². The van der Waals surface area contributed by atoms with Crippen LogP contribution in [-0.2, 0) is 14.8 Å². The zero-order chi connectivity index (χ0) is 18.7. The molecular formula is C18H19NO6S. The Kier molecular flexibility index (Phi) is 5.15. The molecule has 8 heteroatoms. The van der Waals surface area contributed by atoms with E-state index < -0.39 is 22.0 Å². The number of carboxylic acids is 1. The molecule has 0 bridgehead atoms. The van der Waals surface area contributed by atoms with E-state index in [1.807, 2.05) is 0 Å². The van der Waals surface area contributed by atoms with E-state index in [0.29, 0.717) is 30.1 Å². The molecule has 0 saturated carbocycles. The molecule has 7 nitrogen and oxygen atoms in total. The zero-order valence-electron chi connectivity index (χ0n) is 14.2. The fraction of sp³-hybridized carbons (Fsp3) is 0.278. The van der Waals surface area contributed by atoms with Crippen molar-refractivity contribution in [2.75, 3.05) is 13.7 Å². The Morgan fingerprint density at radius 1 is 1.04 bits per heavy atom. The largest absolute Gasteiger partial charge is 0.497 e. The maximum Gasteiger partial charge on any atom is 0.322 e. The van der Waals surface area contributed by atoms with Crippen LogP contribution in [0.5, 0.6) is 17.2 Å². The Hall–Kier alpha value is -2.58. The summed E-state index contributed by atoms with van der Waals surface area (Å²) in [7, 11) is -2.28. The first-order valence-corrected chi connectivity index (χ1v) is 9.52. The molecule has 2 aromatic rings. The second-order valence-corrected chi connectivity index (χ2v) is 7.75. The van der Waals surface area contributed by atoms with Gasteiger partial charge in [0.2, 0.25) is 10.0 Å². The SMILES string of the molecule is COc1ccc(Oc2ccc(S(=O)(=O)N3CCC[C@H]3C(=O)O)cc2)cc1. The van der Waals surface area contributed by atoms with Crippen molar-refractivity contribution in [3.63, 3.8) is 0 Å². The molecule has 1 atom stereocenters. The van der Waals surface area contributed by atoms with Crippen molar-refractivity contribution >= 4 is 16.0 Å². The number of sulfonamides is 1. The highest BCUT2D eigenvalue weighted by molar-refractivity contribution is 7.89. The number of ether oxygens (including phenoxy) is 2. The molecule has 1 aliphatic heterocycles. The normalized spacial score (nSPS) is 17.8. The minimum Gasteiger partial charge on any atom is -0.497 e. The predicted molar refractivity (Wildman–Crippen MR) is 94.1 cm³/mol. The monoisotopic (exact) mass is 377 g/mol. The summed E-state index contributed by atoms with van der Waals surface area (Å²) in [6.07, 6.45) is 0.863. The van der Waals surface area contributed by atoms with Crippen molar-refractivity contribution in [2.24, 2.45) is 0 Å². The first-order chi connectivity index (χ1) is 12.4. The highest BCUT2D eigenvalue weighted by atomic mass is 32.2. The van der Waals surface area contributed by atoms with Crippen LogP contribution < -0.4 is 9.47 Å². The van der Waals surface area contributed by atoms with E-state index in [-0.39, 0.29) is 11.4 Å². The fourth-order valence-electron chi connectivity index (χ4n) is 2.87. The van der Waals surface area contributed by atoms with E-state index in [1.165, 1.54) is 12.1 Å². The molecular weight excluding hydrogens is 358 g/mol. The van der Waals surface area contributed by atoms with Crippen LogP contribution in [0.15, 0.2) is 53.4 Å². The minimum atomic E-state index is -3.85. The molecule has 26 heavy (non-hydrogen) atoms. The molecule has 138 valence electrons. The summed E-state index contributed by atoms with van der Waals surface area (Å²) in [6.45, 7) is 0.212. The lowest BCUT2D eigenvalue weighted by Gasteiger charge is -2.21. The number of carbonyl (C=O) groups is 1. The van der Waals surface area contributed by atoms with Gasteiger partial charge in [0.15, 0.2) is 0 Å². The van der Waals surface area contributed by atoms with Gasteiger partial charge in [-0.2, -0.15) is 4.31 Å². The van der Waals surface area contributed by atoms with Crippen LogP contribution in [0.2, 0.25) is 0 Å². The van der Waals surface area contributed by atoms with Gasteiger partial charge in [0, 0.05) is 6.54 Å². The maximum atomic E-state index is 12.7. The average Bonchev–Trinajstić information content (AvgIpc) is 3.14. The van der Waals surface area contributed by atoms with Gasteiger partial charge < -0.3 is 14.6 Å². The van der Waals surface area contributed by atoms with Crippen LogP contribution in [0, 0.1) is 0 Å². The number of carboxylic acid groups (broad SMARTS) is 1. The van der Waals surface area contributed by atoms with Gasteiger partial charge in [-0.3, -0.25) is 4.79 Å². The fourth-order valence-corrected chi connectivity index (χ4v) is 4.52. The van der Waals surface area contributed by atoms with Crippen molar-refractivity contribution in [1.82, 2.24) is 4.31 Å². The second kappa shape index (κ2) is 7.35. The van der Waals surface area contributed by atoms with Crippen LogP contribution in [0.25, 0.3) is 0 Å². The Labute approximate surface area is 151 Å². The smallest absolute Gasteiger partial charge is 0.322 e. The van der Waals surface area contributed by atoms with E-state index in [1.54, 1.807) is 43.5 Å². The lowest BCUT2D eigenvalue weighted by atomic mass is 10.2. The molecule has 1 N–H and O–H groups in total. The van der Waals surface area contributed by atoms with Crippen LogP contribution in [-0.4, -0.2) is 43.5 Å². The molecule has 1 saturated heterocycles. The summed E-state index contributed by atoms with van der Waals surface area (Å²) in [4.78, 5) is 11.3. The number of nitrogens with zero attached hydrogens (tertiary/aromatic N) is 1. The van der Waals surface area contributed by atoms with Crippen LogP contribution in [0.4, 0.5) is 0 Å². The zero-order valence-corrected chi connectivity index (χ0v) is 15.0. The molecule has 0 aromatic heterocycles. The average molecular weight is 377 g/mol. The molecule has 1 heterocycles. The first kappa shape index (κ1) is 18.2. The molecule has 3 rings (SSSR count). The Bertz CT molecular complexity index is 877. The predicted octanol–water partition coefficient (Wildman–Crippen LogP) is 2.73. The van der Waals surface area contributed by atoms with Crippen molar-refractivity contribution in [3.05, 3.63) is 48.5 Å². The highest BCUT2D eigenvalue weighted by Gasteiger charge is 2.39. The summed E-state index contributed by atoms with van der Waals surface area (Å²) >= 11 is 0. The number of hydrogen-bond donors (Lipinski definition) is 1. The third-order valence-electron chi connectivity index (χ3n) is 4.21. The minimum absolute atomic E-state index is 0.0488. The van der Waals surface area contributed by atoms with E-state index in [9.17, 15) is 18.3 Å². The molecule has 0 radical (unpaired) electrons. The molecule has 0 unspecified atom stereocenters. The van der Waals surface area contributed by atoms with Crippen LogP contribution in [0.3, 0.4) is 0 Å². The lowest BCUT2D eigenvalue weighted by Crippen LogP contribution is -2.40. The van der Waals surface area contributed by atoms with Gasteiger partial charge in [-0.15, -0.1) is 0 Å². The molecule has 0 amide bonds. The summed E-state index contributed by atoms with van der Waals surface area (Å²) in [5.41, 5.74) is 0. The van der Waals surface area contributed by atoms with Gasteiger partial charge in [-0.1, -0.05) is 0 Å². The first-order valence-electron chi connectivity index (χ1n) is 8.08. The molecule has 0 spiro atoms. The van der Waals surface area contributed by atoms with Gasteiger partial charge in [-0.05, 0) is 61.4 Å².